The maximum atomic E-state index is 12.6. The van der Waals surface area contributed by atoms with E-state index >= 15 is 0 Å². The number of methoxy groups -OCH3 is 1. The Morgan fingerprint density at radius 1 is 1.26 bits per heavy atom. The molecule has 19 heavy (non-hydrogen) atoms. The summed E-state index contributed by atoms with van der Waals surface area (Å²) in [6.45, 7) is 0. The first-order valence-corrected chi connectivity index (χ1v) is 6.46. The third-order valence-corrected chi connectivity index (χ3v) is 3.90. The van der Waals surface area contributed by atoms with Gasteiger partial charge in [0.25, 0.3) is 0 Å². The van der Waals surface area contributed by atoms with Crippen molar-refractivity contribution >= 4 is 5.69 Å². The molecule has 1 atom stereocenters. The van der Waals surface area contributed by atoms with Gasteiger partial charge in [-0.15, -0.1) is 0 Å². The van der Waals surface area contributed by atoms with Crippen molar-refractivity contribution in [2.75, 3.05) is 12.8 Å². The standard InChI is InChI=1S/C14H20F2N2O/c1-19-12-7-10-3-5-14(18,8-13(15)16)4-2-9(10)6-11(12)17/h6-7,13H,2-5,8,17-18H2,1H3. The Morgan fingerprint density at radius 3 is 2.37 bits per heavy atom. The molecule has 0 saturated carbocycles. The van der Waals surface area contributed by atoms with E-state index in [0.717, 1.165) is 11.1 Å². The first kappa shape index (κ1) is 14.1. The van der Waals surface area contributed by atoms with E-state index < -0.39 is 12.0 Å². The number of aryl methyl sites for hydroxylation is 2. The summed E-state index contributed by atoms with van der Waals surface area (Å²) in [6.07, 6.45) is -0.0888. The zero-order valence-corrected chi connectivity index (χ0v) is 11.1. The van der Waals surface area contributed by atoms with Gasteiger partial charge in [-0.05, 0) is 48.9 Å². The van der Waals surface area contributed by atoms with Crippen molar-refractivity contribution in [1.82, 2.24) is 0 Å². The lowest BCUT2D eigenvalue weighted by molar-refractivity contribution is 0.0990. The minimum atomic E-state index is -2.36. The summed E-state index contributed by atoms with van der Waals surface area (Å²) in [4.78, 5) is 0. The minimum absolute atomic E-state index is 0.242. The van der Waals surface area contributed by atoms with Gasteiger partial charge >= 0.3 is 0 Å². The topological polar surface area (TPSA) is 61.3 Å². The van der Waals surface area contributed by atoms with Crippen LogP contribution in [-0.4, -0.2) is 19.1 Å². The molecule has 0 radical (unpaired) electrons. The van der Waals surface area contributed by atoms with Crippen molar-refractivity contribution in [1.29, 1.82) is 0 Å². The lowest BCUT2D eigenvalue weighted by Crippen LogP contribution is -2.41. The van der Waals surface area contributed by atoms with Gasteiger partial charge in [-0.1, -0.05) is 0 Å². The van der Waals surface area contributed by atoms with Gasteiger partial charge in [0.1, 0.15) is 5.75 Å². The van der Waals surface area contributed by atoms with Crippen LogP contribution in [0.2, 0.25) is 0 Å². The lowest BCUT2D eigenvalue weighted by Gasteiger charge is -2.27. The van der Waals surface area contributed by atoms with E-state index in [2.05, 4.69) is 0 Å². The van der Waals surface area contributed by atoms with Crippen molar-refractivity contribution in [3.05, 3.63) is 23.3 Å². The molecule has 2 rings (SSSR count). The van der Waals surface area contributed by atoms with Gasteiger partial charge in [-0.3, -0.25) is 0 Å². The second kappa shape index (κ2) is 5.33. The molecule has 0 heterocycles. The summed E-state index contributed by atoms with van der Waals surface area (Å²) >= 11 is 0. The Balaban J connectivity index is 2.22. The van der Waals surface area contributed by atoms with Gasteiger partial charge in [0.15, 0.2) is 0 Å². The first-order valence-electron chi connectivity index (χ1n) is 6.46. The Bertz CT molecular complexity index is 465. The quantitative estimate of drug-likeness (QED) is 0.655. The molecule has 0 saturated heterocycles. The number of nitrogen functional groups attached to an aromatic ring is 1. The fourth-order valence-corrected chi connectivity index (χ4v) is 2.73. The van der Waals surface area contributed by atoms with Crippen molar-refractivity contribution in [2.24, 2.45) is 5.73 Å². The molecule has 106 valence electrons. The Hall–Kier alpha value is -1.36. The molecule has 5 heteroatoms. The molecular weight excluding hydrogens is 250 g/mol. The van der Waals surface area contributed by atoms with E-state index in [1.54, 1.807) is 7.11 Å². The fourth-order valence-electron chi connectivity index (χ4n) is 2.73. The third kappa shape index (κ3) is 3.15. The smallest absolute Gasteiger partial charge is 0.240 e. The molecule has 0 bridgehead atoms. The van der Waals surface area contributed by atoms with Crippen molar-refractivity contribution in [3.8, 4) is 5.75 Å². The number of fused-ring (bicyclic) bond motifs is 1. The van der Waals surface area contributed by atoms with Crippen molar-refractivity contribution in [3.63, 3.8) is 0 Å². The van der Waals surface area contributed by atoms with Crippen LogP contribution in [0.4, 0.5) is 14.5 Å². The van der Waals surface area contributed by atoms with Crippen molar-refractivity contribution < 1.29 is 13.5 Å². The van der Waals surface area contributed by atoms with Crippen LogP contribution in [0.5, 0.6) is 5.75 Å². The van der Waals surface area contributed by atoms with Crippen molar-refractivity contribution in [2.45, 2.75) is 44.1 Å². The number of ether oxygens (including phenoxy) is 1. The predicted molar refractivity (Wildman–Crippen MR) is 71.6 cm³/mol. The Morgan fingerprint density at radius 2 is 1.84 bits per heavy atom. The van der Waals surface area contributed by atoms with Crippen LogP contribution in [0, 0.1) is 0 Å². The molecule has 0 amide bonds. The number of rotatable bonds is 3. The predicted octanol–water partition coefficient (Wildman–Crippen LogP) is 2.51. The van der Waals surface area contributed by atoms with Crippen LogP contribution < -0.4 is 16.2 Å². The number of benzene rings is 1. The normalized spacial score (nSPS) is 23.0. The number of anilines is 1. The summed E-state index contributed by atoms with van der Waals surface area (Å²) in [6, 6.07) is 3.78. The average Bonchev–Trinajstić information content (AvgIpc) is 2.48. The molecule has 0 aromatic heterocycles. The largest absolute Gasteiger partial charge is 0.495 e. The lowest BCUT2D eigenvalue weighted by atomic mass is 9.87. The van der Waals surface area contributed by atoms with E-state index in [-0.39, 0.29) is 6.42 Å². The molecule has 4 N–H and O–H groups in total. The van der Waals surface area contributed by atoms with Crippen LogP contribution in [0.1, 0.15) is 30.4 Å². The van der Waals surface area contributed by atoms with Gasteiger partial charge in [0.2, 0.25) is 6.43 Å². The number of alkyl halides is 2. The summed E-state index contributed by atoms with van der Waals surface area (Å²) in [5.74, 6) is 0.636. The highest BCUT2D eigenvalue weighted by molar-refractivity contribution is 5.57. The highest BCUT2D eigenvalue weighted by atomic mass is 19.3. The fraction of sp³-hybridized carbons (Fsp3) is 0.571. The van der Waals surface area contributed by atoms with E-state index in [0.29, 0.717) is 37.1 Å². The van der Waals surface area contributed by atoms with Gasteiger partial charge < -0.3 is 16.2 Å². The highest BCUT2D eigenvalue weighted by Crippen LogP contribution is 2.34. The molecule has 1 aromatic carbocycles. The summed E-state index contributed by atoms with van der Waals surface area (Å²) in [5.41, 5.74) is 14.0. The summed E-state index contributed by atoms with van der Waals surface area (Å²) in [5, 5.41) is 0. The Kier molecular flexibility index (Phi) is 3.94. The number of nitrogens with two attached hydrogens (primary N) is 2. The Labute approximate surface area is 111 Å². The SMILES string of the molecule is COc1cc2c(cc1N)CCC(N)(CC(F)F)CC2. The number of halogens is 2. The van der Waals surface area contributed by atoms with Gasteiger partial charge in [-0.2, -0.15) is 0 Å². The molecule has 1 aromatic rings. The van der Waals surface area contributed by atoms with Crippen LogP contribution >= 0.6 is 0 Å². The monoisotopic (exact) mass is 270 g/mol. The van der Waals surface area contributed by atoms with Gasteiger partial charge in [0.05, 0.1) is 12.8 Å². The van der Waals surface area contributed by atoms with Gasteiger partial charge in [-0.25, -0.2) is 8.78 Å². The maximum Gasteiger partial charge on any atom is 0.240 e. The maximum absolute atomic E-state index is 12.6. The first-order chi connectivity index (χ1) is 8.93. The second-order valence-corrected chi connectivity index (χ2v) is 5.32. The molecule has 1 aliphatic carbocycles. The van der Waals surface area contributed by atoms with E-state index in [4.69, 9.17) is 16.2 Å². The second-order valence-electron chi connectivity index (χ2n) is 5.32. The number of hydrogen-bond acceptors (Lipinski definition) is 3. The van der Waals surface area contributed by atoms with Crippen LogP contribution in [0.15, 0.2) is 12.1 Å². The molecule has 0 aliphatic heterocycles. The van der Waals surface area contributed by atoms with Crippen LogP contribution in [0.25, 0.3) is 0 Å². The van der Waals surface area contributed by atoms with E-state index in [1.165, 1.54) is 0 Å². The minimum Gasteiger partial charge on any atom is -0.495 e. The van der Waals surface area contributed by atoms with Crippen LogP contribution in [0.3, 0.4) is 0 Å². The molecule has 3 nitrogen and oxygen atoms in total. The average molecular weight is 270 g/mol. The zero-order valence-electron chi connectivity index (χ0n) is 11.1. The molecule has 0 spiro atoms. The molecular formula is C14H20F2N2O. The van der Waals surface area contributed by atoms with E-state index in [1.807, 2.05) is 12.1 Å². The highest BCUT2D eigenvalue weighted by Gasteiger charge is 2.31. The molecule has 1 unspecified atom stereocenters. The van der Waals surface area contributed by atoms with Gasteiger partial charge in [0, 0.05) is 12.0 Å². The zero-order chi connectivity index (χ0) is 14.0. The number of hydrogen-bond donors (Lipinski definition) is 2. The summed E-state index contributed by atoms with van der Waals surface area (Å²) in [7, 11) is 1.57. The molecule has 1 aliphatic rings. The van der Waals surface area contributed by atoms with E-state index in [9.17, 15) is 8.78 Å². The summed E-state index contributed by atoms with van der Waals surface area (Å²) < 4.78 is 30.4. The third-order valence-electron chi connectivity index (χ3n) is 3.90. The molecule has 0 fully saturated rings. The van der Waals surface area contributed by atoms with Crippen LogP contribution in [-0.2, 0) is 12.8 Å².